The van der Waals surface area contributed by atoms with Crippen LogP contribution in [0, 0.1) is 0 Å². The van der Waals surface area contributed by atoms with Crippen molar-refractivity contribution >= 4 is 17.1 Å². The van der Waals surface area contributed by atoms with E-state index in [1.807, 2.05) is 60.7 Å². The predicted molar refractivity (Wildman–Crippen MR) is 101 cm³/mol. The number of ether oxygens (including phenoxy) is 1. The van der Waals surface area contributed by atoms with Gasteiger partial charge in [-0.25, -0.2) is 4.98 Å². The molecule has 4 aromatic rings. The third-order valence-electron chi connectivity index (χ3n) is 4.30. The van der Waals surface area contributed by atoms with Gasteiger partial charge in [-0.3, -0.25) is 4.79 Å². The van der Waals surface area contributed by atoms with E-state index in [0.717, 1.165) is 27.8 Å². The Morgan fingerprint density at radius 3 is 2.54 bits per heavy atom. The fourth-order valence-electron chi connectivity index (χ4n) is 2.96. The number of carbonyl (C=O) groups is 1. The summed E-state index contributed by atoms with van der Waals surface area (Å²) in [5.41, 5.74) is 5.34. The van der Waals surface area contributed by atoms with Crippen LogP contribution in [0.15, 0.2) is 77.2 Å². The summed E-state index contributed by atoms with van der Waals surface area (Å²) in [7, 11) is 1.38. The highest BCUT2D eigenvalue weighted by molar-refractivity contribution is 5.83. The van der Waals surface area contributed by atoms with Crippen molar-refractivity contribution in [2.45, 2.75) is 6.42 Å². The molecule has 0 aliphatic carbocycles. The van der Waals surface area contributed by atoms with Crippen molar-refractivity contribution in [3.05, 3.63) is 78.4 Å². The predicted octanol–water partition coefficient (Wildman–Crippen LogP) is 4.88. The van der Waals surface area contributed by atoms with Crippen LogP contribution in [0.5, 0.6) is 0 Å². The molecule has 0 aliphatic heterocycles. The minimum absolute atomic E-state index is 0.181. The summed E-state index contributed by atoms with van der Waals surface area (Å²) >= 11 is 0. The molecule has 0 spiro atoms. The van der Waals surface area contributed by atoms with E-state index in [9.17, 15) is 4.79 Å². The number of esters is 1. The van der Waals surface area contributed by atoms with Crippen LogP contribution in [0.1, 0.15) is 5.56 Å². The Hall–Kier alpha value is -3.40. The molecule has 4 nitrogen and oxygen atoms in total. The molecule has 0 saturated carbocycles. The van der Waals surface area contributed by atoms with Gasteiger partial charge in [0.25, 0.3) is 0 Å². The zero-order chi connectivity index (χ0) is 17.9. The molecule has 0 atom stereocenters. The first-order valence-electron chi connectivity index (χ1n) is 8.36. The highest BCUT2D eigenvalue weighted by atomic mass is 16.5. The van der Waals surface area contributed by atoms with Gasteiger partial charge in [0.1, 0.15) is 5.52 Å². The highest BCUT2D eigenvalue weighted by Gasteiger charge is 2.15. The molecule has 4 heteroatoms. The zero-order valence-corrected chi connectivity index (χ0v) is 14.3. The van der Waals surface area contributed by atoms with Crippen molar-refractivity contribution in [2.24, 2.45) is 0 Å². The standard InChI is InChI=1S/C22H17NO3/c1-25-21(24)14-17-9-5-6-10-18(17)22-23-19-13-16(11-12-20(19)26-22)15-7-3-2-4-8-15/h2-13H,14H2,1H3. The van der Waals surface area contributed by atoms with E-state index in [2.05, 4.69) is 17.1 Å². The third kappa shape index (κ3) is 3.09. The Kier molecular flexibility index (Phi) is 4.23. The Bertz CT molecular complexity index is 1070. The van der Waals surface area contributed by atoms with Gasteiger partial charge in [0, 0.05) is 5.56 Å². The van der Waals surface area contributed by atoms with E-state index in [1.165, 1.54) is 7.11 Å². The molecule has 4 rings (SSSR count). The Morgan fingerprint density at radius 1 is 0.962 bits per heavy atom. The maximum Gasteiger partial charge on any atom is 0.310 e. The van der Waals surface area contributed by atoms with Crippen LogP contribution in [-0.2, 0) is 16.0 Å². The molecule has 0 fully saturated rings. The van der Waals surface area contributed by atoms with Gasteiger partial charge >= 0.3 is 5.97 Å². The molecule has 0 radical (unpaired) electrons. The minimum Gasteiger partial charge on any atom is -0.469 e. The Labute approximate surface area is 151 Å². The minimum atomic E-state index is -0.292. The molecular weight excluding hydrogens is 326 g/mol. The van der Waals surface area contributed by atoms with Gasteiger partial charge in [0.15, 0.2) is 5.58 Å². The molecule has 26 heavy (non-hydrogen) atoms. The lowest BCUT2D eigenvalue weighted by Crippen LogP contribution is -2.05. The van der Waals surface area contributed by atoms with Gasteiger partial charge in [0.2, 0.25) is 5.89 Å². The summed E-state index contributed by atoms with van der Waals surface area (Å²) in [5, 5.41) is 0. The summed E-state index contributed by atoms with van der Waals surface area (Å²) in [6, 6.07) is 23.7. The SMILES string of the molecule is COC(=O)Cc1ccccc1-c1nc2cc(-c3ccccc3)ccc2o1. The van der Waals surface area contributed by atoms with E-state index < -0.39 is 0 Å². The van der Waals surface area contributed by atoms with Gasteiger partial charge in [-0.15, -0.1) is 0 Å². The highest BCUT2D eigenvalue weighted by Crippen LogP contribution is 2.30. The summed E-state index contributed by atoms with van der Waals surface area (Å²) in [5.74, 6) is 0.213. The van der Waals surface area contributed by atoms with Crippen LogP contribution in [0.25, 0.3) is 33.7 Å². The molecule has 0 saturated heterocycles. The number of rotatable bonds is 4. The summed E-state index contributed by atoms with van der Waals surface area (Å²) in [4.78, 5) is 16.3. The Balaban J connectivity index is 1.76. The quantitative estimate of drug-likeness (QED) is 0.496. The number of fused-ring (bicyclic) bond motifs is 1. The molecule has 0 bridgehead atoms. The van der Waals surface area contributed by atoms with E-state index in [4.69, 9.17) is 9.15 Å². The smallest absolute Gasteiger partial charge is 0.310 e. The fourth-order valence-corrected chi connectivity index (χ4v) is 2.96. The van der Waals surface area contributed by atoms with Crippen LogP contribution >= 0.6 is 0 Å². The van der Waals surface area contributed by atoms with Crippen LogP contribution in [-0.4, -0.2) is 18.1 Å². The van der Waals surface area contributed by atoms with E-state index in [0.29, 0.717) is 11.5 Å². The van der Waals surface area contributed by atoms with Crippen molar-refractivity contribution in [1.29, 1.82) is 0 Å². The lowest BCUT2D eigenvalue weighted by Gasteiger charge is -2.04. The largest absolute Gasteiger partial charge is 0.469 e. The topological polar surface area (TPSA) is 52.3 Å². The fraction of sp³-hybridized carbons (Fsp3) is 0.0909. The van der Waals surface area contributed by atoms with Gasteiger partial charge < -0.3 is 9.15 Å². The summed E-state index contributed by atoms with van der Waals surface area (Å²) < 4.78 is 10.7. The van der Waals surface area contributed by atoms with E-state index >= 15 is 0 Å². The van der Waals surface area contributed by atoms with Crippen molar-refractivity contribution in [1.82, 2.24) is 4.98 Å². The van der Waals surface area contributed by atoms with Crippen LogP contribution < -0.4 is 0 Å². The second kappa shape index (κ2) is 6.84. The van der Waals surface area contributed by atoms with Crippen molar-refractivity contribution in [3.8, 4) is 22.6 Å². The van der Waals surface area contributed by atoms with Gasteiger partial charge in [-0.2, -0.15) is 0 Å². The monoisotopic (exact) mass is 343 g/mol. The number of hydrogen-bond donors (Lipinski definition) is 0. The molecule has 0 N–H and O–H groups in total. The number of hydrogen-bond acceptors (Lipinski definition) is 4. The lowest BCUT2D eigenvalue weighted by molar-refractivity contribution is -0.139. The number of carbonyl (C=O) groups excluding carboxylic acids is 1. The molecule has 1 heterocycles. The third-order valence-corrected chi connectivity index (χ3v) is 4.30. The zero-order valence-electron chi connectivity index (χ0n) is 14.3. The van der Waals surface area contributed by atoms with Crippen LogP contribution in [0.2, 0.25) is 0 Å². The number of aromatic nitrogens is 1. The average Bonchev–Trinajstić information content (AvgIpc) is 3.12. The summed E-state index contributed by atoms with van der Waals surface area (Å²) in [6.45, 7) is 0. The normalized spacial score (nSPS) is 10.8. The second-order valence-corrected chi connectivity index (χ2v) is 5.98. The second-order valence-electron chi connectivity index (χ2n) is 5.98. The van der Waals surface area contributed by atoms with Gasteiger partial charge in [0.05, 0.1) is 13.5 Å². The first kappa shape index (κ1) is 16.1. The molecule has 1 aromatic heterocycles. The maximum absolute atomic E-state index is 11.7. The number of benzene rings is 3. The molecule has 128 valence electrons. The first-order chi connectivity index (χ1) is 12.7. The molecule has 0 aliphatic rings. The molecule has 0 amide bonds. The van der Waals surface area contributed by atoms with E-state index in [-0.39, 0.29) is 12.4 Å². The number of nitrogens with zero attached hydrogens (tertiary/aromatic N) is 1. The average molecular weight is 343 g/mol. The lowest BCUT2D eigenvalue weighted by atomic mass is 10.0. The first-order valence-corrected chi connectivity index (χ1v) is 8.36. The number of oxazole rings is 1. The Morgan fingerprint density at radius 2 is 1.73 bits per heavy atom. The van der Waals surface area contributed by atoms with Crippen LogP contribution in [0.3, 0.4) is 0 Å². The molecular formula is C22H17NO3. The maximum atomic E-state index is 11.7. The number of methoxy groups -OCH3 is 1. The summed E-state index contributed by atoms with van der Waals surface area (Å²) in [6.07, 6.45) is 0.181. The van der Waals surface area contributed by atoms with E-state index in [1.54, 1.807) is 0 Å². The van der Waals surface area contributed by atoms with Crippen molar-refractivity contribution in [3.63, 3.8) is 0 Å². The van der Waals surface area contributed by atoms with Gasteiger partial charge in [-0.1, -0.05) is 54.6 Å². The molecule has 3 aromatic carbocycles. The van der Waals surface area contributed by atoms with Crippen molar-refractivity contribution in [2.75, 3.05) is 7.11 Å². The van der Waals surface area contributed by atoms with Gasteiger partial charge in [-0.05, 0) is 34.9 Å². The molecule has 0 unspecified atom stereocenters. The van der Waals surface area contributed by atoms with Crippen molar-refractivity contribution < 1.29 is 13.9 Å². The van der Waals surface area contributed by atoms with Crippen LogP contribution in [0.4, 0.5) is 0 Å².